The molecule has 98 valence electrons. The largest absolute Gasteiger partial charge is 0.338 e. The van der Waals surface area contributed by atoms with Gasteiger partial charge in [0.1, 0.15) is 0 Å². The number of hydrogen-bond donors (Lipinski definition) is 0. The minimum absolute atomic E-state index is 0.176. The van der Waals surface area contributed by atoms with E-state index in [2.05, 4.69) is 29.8 Å². The number of halogens is 1. The molecule has 0 aliphatic carbocycles. The molecule has 2 nitrogen and oxygen atoms in total. The molecule has 0 saturated carbocycles. The average molecular weight is 310 g/mol. The van der Waals surface area contributed by atoms with Gasteiger partial charge in [-0.15, -0.1) is 0 Å². The Morgan fingerprint density at radius 1 is 1.28 bits per heavy atom. The Balaban J connectivity index is 2.06. The van der Waals surface area contributed by atoms with Crippen molar-refractivity contribution in [2.45, 2.75) is 25.6 Å². The Hall–Kier alpha value is -0.830. The van der Waals surface area contributed by atoms with E-state index in [0.717, 1.165) is 36.3 Å². The van der Waals surface area contributed by atoms with Crippen molar-refractivity contribution in [2.24, 2.45) is 11.8 Å². The van der Waals surface area contributed by atoms with Crippen LogP contribution < -0.4 is 0 Å². The molecule has 1 aliphatic heterocycles. The summed E-state index contributed by atoms with van der Waals surface area (Å²) in [5.74, 6) is 1.50. The van der Waals surface area contributed by atoms with Gasteiger partial charge in [-0.2, -0.15) is 0 Å². The van der Waals surface area contributed by atoms with Crippen molar-refractivity contribution in [1.29, 1.82) is 0 Å². The Labute approximate surface area is 117 Å². The molecule has 0 bridgehead atoms. The van der Waals surface area contributed by atoms with Gasteiger partial charge in [-0.1, -0.05) is 41.9 Å². The quantitative estimate of drug-likeness (QED) is 0.763. The average Bonchev–Trinajstić information content (AvgIpc) is 2.41. The van der Waals surface area contributed by atoms with Crippen LogP contribution in [0.5, 0.6) is 0 Å². The summed E-state index contributed by atoms with van der Waals surface area (Å²) in [5.41, 5.74) is 2.01. The zero-order valence-electron chi connectivity index (χ0n) is 11.0. The van der Waals surface area contributed by atoms with Crippen LogP contribution in [0.1, 0.15) is 36.2 Å². The van der Waals surface area contributed by atoms with Gasteiger partial charge in [-0.05, 0) is 36.0 Å². The Morgan fingerprint density at radius 3 is 2.50 bits per heavy atom. The predicted molar refractivity (Wildman–Crippen MR) is 77.9 cm³/mol. The molecule has 1 aromatic carbocycles. The standard InChI is InChI=1S/C15H20BrNO/c1-11-7-8-17(10-12(11)2)15(18)14-5-3-13(9-16)4-6-14/h3-6,11-12H,7-10H2,1-2H3. The molecule has 3 heteroatoms. The summed E-state index contributed by atoms with van der Waals surface area (Å²) >= 11 is 3.41. The first kappa shape index (κ1) is 13.6. The van der Waals surface area contributed by atoms with E-state index in [1.54, 1.807) is 0 Å². The molecule has 0 N–H and O–H groups in total. The van der Waals surface area contributed by atoms with Crippen molar-refractivity contribution in [3.05, 3.63) is 35.4 Å². The maximum absolute atomic E-state index is 12.4. The van der Waals surface area contributed by atoms with Gasteiger partial charge in [0.2, 0.25) is 0 Å². The molecule has 1 saturated heterocycles. The van der Waals surface area contributed by atoms with Crippen LogP contribution in [0.3, 0.4) is 0 Å². The van der Waals surface area contributed by atoms with Gasteiger partial charge in [0.15, 0.2) is 0 Å². The molecule has 0 aromatic heterocycles. The fourth-order valence-electron chi connectivity index (χ4n) is 2.37. The van der Waals surface area contributed by atoms with Crippen LogP contribution in [0.2, 0.25) is 0 Å². The van der Waals surface area contributed by atoms with Crippen LogP contribution in [-0.4, -0.2) is 23.9 Å². The lowest BCUT2D eigenvalue weighted by molar-refractivity contribution is 0.0627. The summed E-state index contributed by atoms with van der Waals surface area (Å²) in [6.07, 6.45) is 1.12. The van der Waals surface area contributed by atoms with E-state index >= 15 is 0 Å². The maximum atomic E-state index is 12.4. The lowest BCUT2D eigenvalue weighted by Gasteiger charge is -2.35. The highest BCUT2D eigenvalue weighted by Crippen LogP contribution is 2.23. The third kappa shape index (κ3) is 2.94. The second-order valence-electron chi connectivity index (χ2n) is 5.32. The van der Waals surface area contributed by atoms with Crippen LogP contribution in [0.25, 0.3) is 0 Å². The van der Waals surface area contributed by atoms with Crippen LogP contribution in [0.15, 0.2) is 24.3 Å². The first-order chi connectivity index (χ1) is 8.61. The molecule has 1 fully saturated rings. The molecule has 1 aromatic rings. The van der Waals surface area contributed by atoms with Crippen molar-refractivity contribution in [3.63, 3.8) is 0 Å². The van der Waals surface area contributed by atoms with Crippen LogP contribution >= 0.6 is 15.9 Å². The molecule has 2 atom stereocenters. The third-order valence-electron chi connectivity index (χ3n) is 3.98. The molecule has 18 heavy (non-hydrogen) atoms. The maximum Gasteiger partial charge on any atom is 0.253 e. The molecule has 2 rings (SSSR count). The van der Waals surface area contributed by atoms with Crippen LogP contribution in [0.4, 0.5) is 0 Å². The topological polar surface area (TPSA) is 20.3 Å². The highest BCUT2D eigenvalue weighted by atomic mass is 79.9. The van der Waals surface area contributed by atoms with E-state index in [0.29, 0.717) is 5.92 Å². The number of carbonyl (C=O) groups excluding carboxylic acids is 1. The van der Waals surface area contributed by atoms with Crippen molar-refractivity contribution in [2.75, 3.05) is 13.1 Å². The fraction of sp³-hybridized carbons (Fsp3) is 0.533. The summed E-state index contributed by atoms with van der Waals surface area (Å²) in [6, 6.07) is 7.89. The smallest absolute Gasteiger partial charge is 0.253 e. The number of carbonyl (C=O) groups is 1. The van der Waals surface area contributed by atoms with Crippen molar-refractivity contribution < 1.29 is 4.79 Å². The summed E-state index contributed by atoms with van der Waals surface area (Å²) < 4.78 is 0. The Kier molecular flexibility index (Phi) is 4.44. The number of nitrogens with zero attached hydrogens (tertiary/aromatic N) is 1. The molecule has 1 heterocycles. The van der Waals surface area contributed by atoms with Crippen LogP contribution in [0, 0.1) is 11.8 Å². The molecule has 0 radical (unpaired) electrons. The lowest BCUT2D eigenvalue weighted by atomic mass is 9.88. The van der Waals surface area contributed by atoms with Crippen molar-refractivity contribution in [3.8, 4) is 0 Å². The zero-order valence-corrected chi connectivity index (χ0v) is 12.6. The first-order valence-electron chi connectivity index (χ1n) is 6.56. The van der Waals surface area contributed by atoms with E-state index in [4.69, 9.17) is 0 Å². The second kappa shape index (κ2) is 5.87. The predicted octanol–water partition coefficient (Wildman–Crippen LogP) is 3.70. The molecular weight excluding hydrogens is 290 g/mol. The Morgan fingerprint density at radius 2 is 1.94 bits per heavy atom. The monoisotopic (exact) mass is 309 g/mol. The van der Waals surface area contributed by atoms with Crippen molar-refractivity contribution in [1.82, 2.24) is 4.90 Å². The van der Waals surface area contributed by atoms with Gasteiger partial charge >= 0.3 is 0 Å². The Bertz CT molecular complexity index is 415. The van der Waals surface area contributed by atoms with Gasteiger partial charge in [0.25, 0.3) is 5.91 Å². The molecular formula is C15H20BrNO. The summed E-state index contributed by atoms with van der Waals surface area (Å²) in [6.45, 7) is 6.29. The minimum Gasteiger partial charge on any atom is -0.338 e. The number of amides is 1. The first-order valence-corrected chi connectivity index (χ1v) is 7.68. The van der Waals surface area contributed by atoms with Gasteiger partial charge in [-0.25, -0.2) is 0 Å². The number of benzene rings is 1. The summed E-state index contributed by atoms with van der Waals surface area (Å²) in [5, 5.41) is 0.833. The van der Waals surface area contributed by atoms with E-state index in [-0.39, 0.29) is 5.91 Å². The molecule has 2 unspecified atom stereocenters. The number of likely N-dealkylation sites (tertiary alicyclic amines) is 1. The SMILES string of the molecule is CC1CCN(C(=O)c2ccc(CBr)cc2)CC1C. The number of piperidine rings is 1. The van der Waals surface area contributed by atoms with Gasteiger partial charge < -0.3 is 4.90 Å². The number of rotatable bonds is 2. The van der Waals surface area contributed by atoms with Gasteiger partial charge in [-0.3, -0.25) is 4.79 Å². The normalized spacial score (nSPS) is 24.1. The van der Waals surface area contributed by atoms with Gasteiger partial charge in [0.05, 0.1) is 0 Å². The third-order valence-corrected chi connectivity index (χ3v) is 4.62. The number of hydrogen-bond acceptors (Lipinski definition) is 1. The van der Waals surface area contributed by atoms with Gasteiger partial charge in [0, 0.05) is 24.0 Å². The van der Waals surface area contributed by atoms with E-state index in [1.807, 2.05) is 29.2 Å². The minimum atomic E-state index is 0.176. The van der Waals surface area contributed by atoms with E-state index in [1.165, 1.54) is 5.56 Å². The molecule has 0 spiro atoms. The second-order valence-corrected chi connectivity index (χ2v) is 5.89. The van der Waals surface area contributed by atoms with Crippen LogP contribution in [-0.2, 0) is 5.33 Å². The van der Waals surface area contributed by atoms with E-state index in [9.17, 15) is 4.79 Å². The summed E-state index contributed by atoms with van der Waals surface area (Å²) in [4.78, 5) is 14.4. The highest BCUT2D eigenvalue weighted by molar-refractivity contribution is 9.08. The highest BCUT2D eigenvalue weighted by Gasteiger charge is 2.26. The molecule has 1 amide bonds. The van der Waals surface area contributed by atoms with Crippen molar-refractivity contribution >= 4 is 21.8 Å². The fourth-order valence-corrected chi connectivity index (χ4v) is 2.74. The summed E-state index contributed by atoms with van der Waals surface area (Å²) in [7, 11) is 0. The van der Waals surface area contributed by atoms with E-state index < -0.39 is 0 Å². The number of alkyl halides is 1. The molecule has 1 aliphatic rings. The zero-order chi connectivity index (χ0) is 13.1. The lowest BCUT2D eigenvalue weighted by Crippen LogP contribution is -2.42.